The molecule has 1 aliphatic heterocycles. The van der Waals surface area contributed by atoms with E-state index in [0.717, 1.165) is 31.0 Å². The molecule has 0 saturated carbocycles. The number of rotatable bonds is 4. The molecule has 29 heavy (non-hydrogen) atoms. The maximum atomic E-state index is 13.4. The summed E-state index contributed by atoms with van der Waals surface area (Å²) in [5.74, 6) is -1.10. The lowest BCUT2D eigenvalue weighted by Gasteiger charge is -2.31. The Hall–Kier alpha value is -3.16. The molecule has 8 heteroatoms. The van der Waals surface area contributed by atoms with Crippen molar-refractivity contribution >= 4 is 5.91 Å². The zero-order chi connectivity index (χ0) is 20.4. The van der Waals surface area contributed by atoms with Gasteiger partial charge in [0.25, 0.3) is 5.91 Å². The van der Waals surface area contributed by atoms with E-state index in [-0.39, 0.29) is 23.2 Å². The van der Waals surface area contributed by atoms with Crippen LogP contribution in [-0.4, -0.2) is 34.0 Å². The third kappa shape index (κ3) is 4.47. The highest BCUT2D eigenvalue weighted by molar-refractivity contribution is 5.94. The molecule has 0 spiro atoms. The fourth-order valence-electron chi connectivity index (χ4n) is 3.50. The molecule has 3 aromatic rings. The molecule has 0 aliphatic carbocycles. The molecule has 1 aromatic heterocycles. The average molecular weight is 401 g/mol. The van der Waals surface area contributed by atoms with E-state index in [4.69, 9.17) is 4.52 Å². The predicted molar refractivity (Wildman–Crippen MR) is 98.4 cm³/mol. The monoisotopic (exact) mass is 401 g/mol. The SMILES string of the molecule is O=C(c1cc(F)cc(F)c1)N1CCC(Cc2nc(-c3ccc(F)cc3)no2)CC1. The summed E-state index contributed by atoms with van der Waals surface area (Å²) in [7, 11) is 0. The number of carbonyl (C=O) groups excluding carboxylic acids is 1. The number of hydrogen-bond acceptors (Lipinski definition) is 4. The first-order chi connectivity index (χ1) is 14.0. The molecule has 0 unspecified atom stereocenters. The van der Waals surface area contributed by atoms with Gasteiger partial charge in [0.05, 0.1) is 0 Å². The van der Waals surface area contributed by atoms with Gasteiger partial charge >= 0.3 is 0 Å². The van der Waals surface area contributed by atoms with Crippen LogP contribution in [0, 0.1) is 23.4 Å². The second-order valence-corrected chi connectivity index (χ2v) is 7.12. The fraction of sp³-hybridized carbons (Fsp3) is 0.286. The van der Waals surface area contributed by atoms with Gasteiger partial charge in [-0.05, 0) is 55.2 Å². The minimum Gasteiger partial charge on any atom is -0.339 e. The van der Waals surface area contributed by atoms with Gasteiger partial charge in [-0.15, -0.1) is 0 Å². The minimum absolute atomic E-state index is 0.0155. The molecule has 4 rings (SSSR count). The predicted octanol–water partition coefficient (Wildman–Crippen LogP) is 4.25. The highest BCUT2D eigenvalue weighted by atomic mass is 19.1. The molecule has 1 aliphatic rings. The van der Waals surface area contributed by atoms with Gasteiger partial charge < -0.3 is 9.42 Å². The van der Waals surface area contributed by atoms with E-state index in [2.05, 4.69) is 10.1 Å². The van der Waals surface area contributed by atoms with E-state index in [1.807, 2.05) is 0 Å². The third-order valence-electron chi connectivity index (χ3n) is 5.05. The normalized spacial score (nSPS) is 14.9. The lowest BCUT2D eigenvalue weighted by atomic mass is 9.93. The summed E-state index contributed by atoms with van der Waals surface area (Å²) in [5, 5.41) is 3.94. The highest BCUT2D eigenvalue weighted by Crippen LogP contribution is 2.24. The first kappa shape index (κ1) is 19.2. The van der Waals surface area contributed by atoms with E-state index in [0.29, 0.717) is 36.8 Å². The van der Waals surface area contributed by atoms with Crippen molar-refractivity contribution in [2.45, 2.75) is 19.3 Å². The van der Waals surface area contributed by atoms with Gasteiger partial charge in [0.15, 0.2) is 0 Å². The number of nitrogens with zero attached hydrogens (tertiary/aromatic N) is 3. The van der Waals surface area contributed by atoms with Gasteiger partial charge in [0.2, 0.25) is 11.7 Å². The van der Waals surface area contributed by atoms with Gasteiger partial charge in [-0.1, -0.05) is 5.16 Å². The summed E-state index contributed by atoms with van der Waals surface area (Å²) in [6.45, 7) is 0.973. The Labute approximate surface area is 165 Å². The number of hydrogen-bond donors (Lipinski definition) is 0. The Morgan fingerprint density at radius 1 is 1.00 bits per heavy atom. The first-order valence-corrected chi connectivity index (χ1v) is 9.32. The molecule has 2 aromatic carbocycles. The average Bonchev–Trinajstić information content (AvgIpc) is 3.16. The van der Waals surface area contributed by atoms with E-state index in [1.54, 1.807) is 17.0 Å². The maximum absolute atomic E-state index is 13.4. The van der Waals surface area contributed by atoms with Gasteiger partial charge in [-0.2, -0.15) is 4.98 Å². The number of amides is 1. The van der Waals surface area contributed by atoms with Crippen molar-refractivity contribution in [3.05, 3.63) is 71.4 Å². The van der Waals surface area contributed by atoms with Crippen LogP contribution < -0.4 is 0 Å². The molecule has 2 heterocycles. The van der Waals surface area contributed by atoms with Crippen molar-refractivity contribution in [3.8, 4) is 11.4 Å². The van der Waals surface area contributed by atoms with E-state index >= 15 is 0 Å². The summed E-state index contributed by atoms with van der Waals surface area (Å²) in [6.07, 6.45) is 2.01. The number of benzene rings is 2. The second kappa shape index (κ2) is 8.06. The molecule has 0 atom stereocenters. The summed E-state index contributed by atoms with van der Waals surface area (Å²) >= 11 is 0. The molecule has 1 fully saturated rings. The molecular formula is C21H18F3N3O2. The quantitative estimate of drug-likeness (QED) is 0.656. The Morgan fingerprint density at radius 3 is 2.31 bits per heavy atom. The van der Waals surface area contributed by atoms with Crippen molar-refractivity contribution in [2.75, 3.05) is 13.1 Å². The van der Waals surface area contributed by atoms with Crippen LogP contribution in [-0.2, 0) is 6.42 Å². The largest absolute Gasteiger partial charge is 0.339 e. The van der Waals surface area contributed by atoms with Crippen LogP contribution in [0.5, 0.6) is 0 Å². The van der Waals surface area contributed by atoms with Crippen LogP contribution >= 0.6 is 0 Å². The van der Waals surface area contributed by atoms with Crippen LogP contribution in [0.4, 0.5) is 13.2 Å². The number of halogens is 3. The molecular weight excluding hydrogens is 383 g/mol. The van der Waals surface area contributed by atoms with Gasteiger partial charge in [-0.3, -0.25) is 4.79 Å². The minimum atomic E-state index is -0.767. The Balaban J connectivity index is 1.34. The Bertz CT molecular complexity index is 992. The molecule has 1 amide bonds. The summed E-state index contributed by atoms with van der Waals surface area (Å²) in [5.41, 5.74) is 0.686. The lowest BCUT2D eigenvalue weighted by molar-refractivity contribution is 0.0686. The van der Waals surface area contributed by atoms with Crippen LogP contribution in [0.25, 0.3) is 11.4 Å². The molecule has 5 nitrogen and oxygen atoms in total. The van der Waals surface area contributed by atoms with E-state index in [9.17, 15) is 18.0 Å². The molecule has 0 radical (unpaired) electrons. The van der Waals surface area contributed by atoms with Crippen molar-refractivity contribution in [1.82, 2.24) is 15.0 Å². The Kier molecular flexibility index (Phi) is 5.33. The smallest absolute Gasteiger partial charge is 0.254 e. The lowest BCUT2D eigenvalue weighted by Crippen LogP contribution is -2.39. The highest BCUT2D eigenvalue weighted by Gasteiger charge is 2.26. The van der Waals surface area contributed by atoms with Crippen LogP contribution in [0.1, 0.15) is 29.1 Å². The van der Waals surface area contributed by atoms with Crippen LogP contribution in [0.15, 0.2) is 47.0 Å². The van der Waals surface area contributed by atoms with Crippen molar-refractivity contribution in [2.24, 2.45) is 5.92 Å². The molecule has 0 bridgehead atoms. The van der Waals surface area contributed by atoms with Crippen molar-refractivity contribution in [1.29, 1.82) is 0 Å². The first-order valence-electron chi connectivity index (χ1n) is 9.32. The third-order valence-corrected chi connectivity index (χ3v) is 5.05. The Morgan fingerprint density at radius 2 is 1.66 bits per heavy atom. The van der Waals surface area contributed by atoms with Crippen LogP contribution in [0.3, 0.4) is 0 Å². The van der Waals surface area contributed by atoms with Crippen LogP contribution in [0.2, 0.25) is 0 Å². The van der Waals surface area contributed by atoms with Gasteiger partial charge in [0, 0.05) is 36.7 Å². The molecule has 0 N–H and O–H groups in total. The van der Waals surface area contributed by atoms with E-state index in [1.165, 1.54) is 12.1 Å². The van der Waals surface area contributed by atoms with Gasteiger partial charge in [-0.25, -0.2) is 13.2 Å². The standard InChI is InChI=1S/C21H18F3N3O2/c22-16-3-1-14(2-4-16)20-25-19(29-26-20)9-13-5-7-27(8-6-13)21(28)15-10-17(23)12-18(24)11-15/h1-4,10-13H,5-9H2. The second-order valence-electron chi connectivity index (χ2n) is 7.12. The number of likely N-dealkylation sites (tertiary alicyclic amines) is 1. The summed E-state index contributed by atoms with van der Waals surface area (Å²) in [6, 6.07) is 8.69. The zero-order valence-electron chi connectivity index (χ0n) is 15.4. The molecule has 1 saturated heterocycles. The molecule has 150 valence electrons. The number of carbonyl (C=O) groups is 1. The fourth-order valence-corrected chi connectivity index (χ4v) is 3.50. The summed E-state index contributed by atoms with van der Waals surface area (Å²) in [4.78, 5) is 18.4. The van der Waals surface area contributed by atoms with E-state index < -0.39 is 11.6 Å². The van der Waals surface area contributed by atoms with Gasteiger partial charge in [0.1, 0.15) is 17.5 Å². The number of piperidine rings is 1. The number of aromatic nitrogens is 2. The van der Waals surface area contributed by atoms with Crippen molar-refractivity contribution in [3.63, 3.8) is 0 Å². The topological polar surface area (TPSA) is 59.2 Å². The summed E-state index contributed by atoms with van der Waals surface area (Å²) < 4.78 is 45.0. The van der Waals surface area contributed by atoms with Crippen molar-refractivity contribution < 1.29 is 22.5 Å². The zero-order valence-corrected chi connectivity index (χ0v) is 15.4. The maximum Gasteiger partial charge on any atom is 0.254 e.